The second-order valence-electron chi connectivity index (χ2n) is 6.87. The van der Waals surface area contributed by atoms with Crippen LogP contribution in [0, 0.1) is 16.7 Å². The molecule has 7 nitrogen and oxygen atoms in total. The maximum Gasteiger partial charge on any atom is 0.240 e. The average Bonchev–Trinajstić information content (AvgIpc) is 3.35. The SMILES string of the molecule is CCN(C(=O)C1(C(=O)Nc2ccc(C#N)cc2)CC1)C1CCS(=O)(=O)C1. The fraction of sp³-hybridized carbons (Fsp3) is 0.500. The Hall–Kier alpha value is -2.40. The number of hydrogen-bond donors (Lipinski definition) is 1. The molecule has 2 aliphatic rings. The lowest BCUT2D eigenvalue weighted by Gasteiger charge is -2.30. The Morgan fingerprint density at radius 3 is 2.42 bits per heavy atom. The lowest BCUT2D eigenvalue weighted by molar-refractivity contribution is -0.143. The summed E-state index contributed by atoms with van der Waals surface area (Å²) in [5.41, 5.74) is -0.0876. The number of nitrogens with one attached hydrogen (secondary N) is 1. The van der Waals surface area contributed by atoms with Gasteiger partial charge >= 0.3 is 0 Å². The first kappa shape index (κ1) is 18.4. The minimum Gasteiger partial charge on any atom is -0.338 e. The molecule has 1 saturated carbocycles. The molecule has 26 heavy (non-hydrogen) atoms. The third-order valence-corrected chi connectivity index (χ3v) is 6.87. The van der Waals surface area contributed by atoms with E-state index in [2.05, 4.69) is 5.32 Å². The summed E-state index contributed by atoms with van der Waals surface area (Å²) < 4.78 is 23.5. The third kappa shape index (κ3) is 3.44. The molecule has 1 N–H and O–H groups in total. The van der Waals surface area contributed by atoms with E-state index in [-0.39, 0.29) is 29.4 Å². The molecule has 1 aliphatic heterocycles. The predicted octanol–water partition coefficient (Wildman–Crippen LogP) is 1.31. The number of carbonyl (C=O) groups excluding carboxylic acids is 2. The molecule has 1 heterocycles. The van der Waals surface area contributed by atoms with Crippen molar-refractivity contribution in [1.29, 1.82) is 5.26 Å². The summed E-state index contributed by atoms with van der Waals surface area (Å²) in [6, 6.07) is 8.10. The van der Waals surface area contributed by atoms with E-state index in [0.29, 0.717) is 37.1 Å². The Morgan fingerprint density at radius 2 is 1.96 bits per heavy atom. The summed E-state index contributed by atoms with van der Waals surface area (Å²) in [7, 11) is -3.11. The van der Waals surface area contributed by atoms with E-state index in [1.807, 2.05) is 6.07 Å². The van der Waals surface area contributed by atoms with Gasteiger partial charge in [0.15, 0.2) is 9.84 Å². The van der Waals surface area contributed by atoms with Crippen LogP contribution in [0.5, 0.6) is 0 Å². The van der Waals surface area contributed by atoms with Crippen molar-refractivity contribution in [2.24, 2.45) is 5.41 Å². The molecule has 0 aromatic heterocycles. The summed E-state index contributed by atoms with van der Waals surface area (Å²) in [4.78, 5) is 27.3. The van der Waals surface area contributed by atoms with E-state index in [9.17, 15) is 18.0 Å². The normalized spacial score (nSPS) is 22.2. The van der Waals surface area contributed by atoms with Gasteiger partial charge in [-0.2, -0.15) is 5.26 Å². The van der Waals surface area contributed by atoms with Crippen LogP contribution in [-0.2, 0) is 19.4 Å². The summed E-state index contributed by atoms with van der Waals surface area (Å²) in [6.07, 6.45) is 1.35. The van der Waals surface area contributed by atoms with E-state index in [4.69, 9.17) is 5.26 Å². The van der Waals surface area contributed by atoms with Crippen LogP contribution in [0.3, 0.4) is 0 Å². The Balaban J connectivity index is 1.73. The number of rotatable bonds is 5. The van der Waals surface area contributed by atoms with E-state index in [1.165, 1.54) is 0 Å². The van der Waals surface area contributed by atoms with Gasteiger partial charge in [-0.05, 0) is 50.5 Å². The first-order chi connectivity index (χ1) is 12.3. The minimum atomic E-state index is -3.11. The van der Waals surface area contributed by atoms with Gasteiger partial charge in [0, 0.05) is 18.3 Å². The standard InChI is InChI=1S/C18H21N3O4S/c1-2-21(15-7-10-26(24,25)12-15)17(23)18(8-9-18)16(22)20-14-5-3-13(11-19)4-6-14/h3-6,15H,2,7-10,12H2,1H3,(H,20,22). The molecule has 0 spiro atoms. The van der Waals surface area contributed by atoms with Crippen LogP contribution in [0.1, 0.15) is 31.7 Å². The molecule has 1 unspecified atom stereocenters. The number of hydrogen-bond acceptors (Lipinski definition) is 5. The lowest BCUT2D eigenvalue weighted by Crippen LogP contribution is -2.48. The fourth-order valence-corrected chi connectivity index (χ4v) is 5.14. The fourth-order valence-electron chi connectivity index (χ4n) is 3.41. The summed E-state index contributed by atoms with van der Waals surface area (Å²) in [6.45, 7) is 2.18. The summed E-state index contributed by atoms with van der Waals surface area (Å²) in [5, 5.41) is 11.6. The Labute approximate surface area is 152 Å². The maximum atomic E-state index is 13.0. The van der Waals surface area contributed by atoms with E-state index < -0.39 is 15.3 Å². The number of amides is 2. The van der Waals surface area contributed by atoms with Gasteiger partial charge in [-0.3, -0.25) is 9.59 Å². The van der Waals surface area contributed by atoms with Gasteiger partial charge in [0.2, 0.25) is 11.8 Å². The van der Waals surface area contributed by atoms with Gasteiger partial charge in [0.25, 0.3) is 0 Å². The minimum absolute atomic E-state index is 0.0279. The van der Waals surface area contributed by atoms with Crippen molar-refractivity contribution in [2.75, 3.05) is 23.4 Å². The molecule has 1 aromatic rings. The predicted molar refractivity (Wildman–Crippen MR) is 95.9 cm³/mol. The second-order valence-corrected chi connectivity index (χ2v) is 9.10. The van der Waals surface area contributed by atoms with Gasteiger partial charge in [0.1, 0.15) is 5.41 Å². The highest BCUT2D eigenvalue weighted by Crippen LogP contribution is 2.48. The Kier molecular flexibility index (Phi) is 4.76. The molecular formula is C18H21N3O4S. The number of nitriles is 1. The van der Waals surface area contributed by atoms with E-state index in [0.717, 1.165) is 0 Å². The van der Waals surface area contributed by atoms with Crippen LogP contribution in [0.15, 0.2) is 24.3 Å². The van der Waals surface area contributed by atoms with Crippen LogP contribution in [0.25, 0.3) is 0 Å². The van der Waals surface area contributed by atoms with Gasteiger partial charge in [0.05, 0.1) is 23.1 Å². The van der Waals surface area contributed by atoms with Crippen molar-refractivity contribution in [3.05, 3.63) is 29.8 Å². The Bertz CT molecular complexity index is 867. The number of sulfone groups is 1. The Morgan fingerprint density at radius 1 is 1.31 bits per heavy atom. The second kappa shape index (κ2) is 6.72. The number of benzene rings is 1. The summed E-state index contributed by atoms with van der Waals surface area (Å²) in [5.74, 6) is -0.592. The first-order valence-corrected chi connectivity index (χ1v) is 10.5. The molecule has 1 aromatic carbocycles. The molecular weight excluding hydrogens is 354 g/mol. The van der Waals surface area contributed by atoms with Gasteiger partial charge in [-0.25, -0.2) is 8.42 Å². The van der Waals surface area contributed by atoms with Crippen LogP contribution >= 0.6 is 0 Å². The molecule has 2 fully saturated rings. The highest BCUT2D eigenvalue weighted by atomic mass is 32.2. The zero-order valence-corrected chi connectivity index (χ0v) is 15.4. The molecule has 3 rings (SSSR count). The lowest BCUT2D eigenvalue weighted by atomic mass is 10.0. The maximum absolute atomic E-state index is 13.0. The highest BCUT2D eigenvalue weighted by Gasteiger charge is 2.58. The molecule has 1 saturated heterocycles. The zero-order valence-electron chi connectivity index (χ0n) is 14.6. The number of nitrogens with zero attached hydrogens (tertiary/aromatic N) is 2. The van der Waals surface area contributed by atoms with Gasteiger partial charge in [-0.1, -0.05) is 0 Å². The van der Waals surface area contributed by atoms with E-state index in [1.54, 1.807) is 36.1 Å². The van der Waals surface area contributed by atoms with Crippen molar-refractivity contribution in [1.82, 2.24) is 4.90 Å². The molecule has 8 heteroatoms. The molecule has 2 amide bonds. The van der Waals surface area contributed by atoms with Crippen molar-refractivity contribution in [3.63, 3.8) is 0 Å². The van der Waals surface area contributed by atoms with Crippen LogP contribution in [0.2, 0.25) is 0 Å². The van der Waals surface area contributed by atoms with Crippen LogP contribution in [-0.4, -0.2) is 49.2 Å². The van der Waals surface area contributed by atoms with Crippen molar-refractivity contribution < 1.29 is 18.0 Å². The van der Waals surface area contributed by atoms with Crippen molar-refractivity contribution in [2.45, 2.75) is 32.2 Å². The van der Waals surface area contributed by atoms with Crippen LogP contribution < -0.4 is 5.32 Å². The number of carbonyl (C=O) groups is 2. The molecule has 1 aliphatic carbocycles. The van der Waals surface area contributed by atoms with Gasteiger partial charge < -0.3 is 10.2 Å². The first-order valence-electron chi connectivity index (χ1n) is 8.64. The number of anilines is 1. The van der Waals surface area contributed by atoms with Crippen molar-refractivity contribution >= 4 is 27.3 Å². The quantitative estimate of drug-likeness (QED) is 0.781. The van der Waals surface area contributed by atoms with Gasteiger partial charge in [-0.15, -0.1) is 0 Å². The molecule has 0 bridgehead atoms. The smallest absolute Gasteiger partial charge is 0.240 e. The molecule has 0 radical (unpaired) electrons. The third-order valence-electron chi connectivity index (χ3n) is 5.12. The highest BCUT2D eigenvalue weighted by molar-refractivity contribution is 7.91. The summed E-state index contributed by atoms with van der Waals surface area (Å²) >= 11 is 0. The average molecular weight is 375 g/mol. The zero-order chi connectivity index (χ0) is 18.9. The topological polar surface area (TPSA) is 107 Å². The van der Waals surface area contributed by atoms with Crippen molar-refractivity contribution in [3.8, 4) is 6.07 Å². The van der Waals surface area contributed by atoms with E-state index >= 15 is 0 Å². The molecule has 1 atom stereocenters. The van der Waals surface area contributed by atoms with Crippen LogP contribution in [0.4, 0.5) is 5.69 Å². The largest absolute Gasteiger partial charge is 0.338 e. The monoisotopic (exact) mass is 375 g/mol. The molecule has 138 valence electrons.